The summed E-state index contributed by atoms with van der Waals surface area (Å²) < 4.78 is 5.38. The van der Waals surface area contributed by atoms with Crippen molar-refractivity contribution in [3.63, 3.8) is 0 Å². The van der Waals surface area contributed by atoms with E-state index >= 15 is 0 Å². The molecular weight excluding hydrogens is 252 g/mol. The lowest BCUT2D eigenvalue weighted by molar-refractivity contribution is -0.119. The van der Waals surface area contributed by atoms with Gasteiger partial charge in [0.15, 0.2) is 0 Å². The highest BCUT2D eigenvalue weighted by atomic mass is 16.5. The summed E-state index contributed by atoms with van der Waals surface area (Å²) in [7, 11) is 1.83. The highest BCUT2D eigenvalue weighted by Crippen LogP contribution is 2.20. The number of rotatable bonds is 4. The molecule has 1 aromatic carbocycles. The fraction of sp³-hybridized carbons (Fsp3) is 0.562. The summed E-state index contributed by atoms with van der Waals surface area (Å²) in [6.07, 6.45) is 0.475. The molecule has 20 heavy (non-hydrogen) atoms. The third-order valence-corrected chi connectivity index (χ3v) is 3.74. The number of anilines is 1. The molecule has 1 aromatic rings. The number of benzene rings is 1. The Kier molecular flexibility index (Phi) is 5.15. The molecule has 1 atom stereocenters. The summed E-state index contributed by atoms with van der Waals surface area (Å²) >= 11 is 0. The first-order valence-corrected chi connectivity index (χ1v) is 7.25. The van der Waals surface area contributed by atoms with Crippen LogP contribution in [-0.4, -0.2) is 38.8 Å². The number of morpholine rings is 1. The molecule has 4 heteroatoms. The van der Waals surface area contributed by atoms with E-state index in [4.69, 9.17) is 4.74 Å². The van der Waals surface area contributed by atoms with Gasteiger partial charge < -0.3 is 15.0 Å². The molecule has 1 fully saturated rings. The number of carbonyl (C=O) groups is 1. The Labute approximate surface area is 121 Å². The minimum atomic E-state index is 0.116. The fourth-order valence-electron chi connectivity index (χ4n) is 2.33. The van der Waals surface area contributed by atoms with Gasteiger partial charge in [-0.1, -0.05) is 26.0 Å². The Morgan fingerprint density at radius 1 is 1.40 bits per heavy atom. The van der Waals surface area contributed by atoms with Crippen molar-refractivity contribution in [2.45, 2.75) is 32.2 Å². The van der Waals surface area contributed by atoms with Crippen molar-refractivity contribution in [3.8, 4) is 0 Å². The number of carbonyl (C=O) groups excluding carboxylic acids is 1. The van der Waals surface area contributed by atoms with Gasteiger partial charge in [-0.25, -0.2) is 0 Å². The fourth-order valence-corrected chi connectivity index (χ4v) is 2.33. The molecule has 1 heterocycles. The quantitative estimate of drug-likeness (QED) is 0.916. The van der Waals surface area contributed by atoms with Crippen molar-refractivity contribution < 1.29 is 9.53 Å². The first-order chi connectivity index (χ1) is 9.58. The third kappa shape index (κ3) is 3.81. The lowest BCUT2D eigenvalue weighted by atomic mass is 10.0. The normalized spacial score (nSPS) is 19.1. The maximum Gasteiger partial charge on any atom is 0.228 e. The van der Waals surface area contributed by atoms with Crippen molar-refractivity contribution >= 4 is 11.6 Å². The highest BCUT2D eigenvalue weighted by Gasteiger charge is 2.20. The van der Waals surface area contributed by atoms with E-state index in [0.717, 1.165) is 18.8 Å². The molecule has 1 unspecified atom stereocenters. The molecule has 1 amide bonds. The van der Waals surface area contributed by atoms with Crippen LogP contribution in [0, 0.1) is 0 Å². The molecule has 0 radical (unpaired) electrons. The second kappa shape index (κ2) is 6.86. The van der Waals surface area contributed by atoms with E-state index in [1.54, 1.807) is 4.90 Å². The molecule has 0 spiro atoms. The maximum absolute atomic E-state index is 12.3. The van der Waals surface area contributed by atoms with E-state index in [-0.39, 0.29) is 11.9 Å². The number of nitrogens with one attached hydrogen (secondary N) is 1. The summed E-state index contributed by atoms with van der Waals surface area (Å²) in [5, 5.41) is 3.31. The Bertz CT molecular complexity index is 436. The van der Waals surface area contributed by atoms with Gasteiger partial charge in [0.1, 0.15) is 0 Å². The van der Waals surface area contributed by atoms with Crippen molar-refractivity contribution in [1.29, 1.82) is 0 Å². The van der Waals surface area contributed by atoms with Crippen molar-refractivity contribution in [1.82, 2.24) is 5.32 Å². The molecule has 0 saturated carbocycles. The molecule has 1 saturated heterocycles. The van der Waals surface area contributed by atoms with Crippen LogP contribution in [0.15, 0.2) is 24.3 Å². The van der Waals surface area contributed by atoms with Crippen LogP contribution in [0.5, 0.6) is 0 Å². The number of amides is 1. The van der Waals surface area contributed by atoms with E-state index in [1.165, 1.54) is 5.56 Å². The van der Waals surface area contributed by atoms with E-state index in [9.17, 15) is 4.79 Å². The van der Waals surface area contributed by atoms with Crippen LogP contribution in [0.2, 0.25) is 0 Å². The van der Waals surface area contributed by atoms with Gasteiger partial charge in [0.25, 0.3) is 0 Å². The second-order valence-electron chi connectivity index (χ2n) is 5.63. The summed E-state index contributed by atoms with van der Waals surface area (Å²) in [5.41, 5.74) is 2.23. The summed E-state index contributed by atoms with van der Waals surface area (Å²) in [5.74, 6) is 0.624. The van der Waals surface area contributed by atoms with Gasteiger partial charge in [0.2, 0.25) is 5.91 Å². The largest absolute Gasteiger partial charge is 0.378 e. The molecular formula is C16H24N2O2. The first-order valence-electron chi connectivity index (χ1n) is 7.25. The van der Waals surface area contributed by atoms with Gasteiger partial charge in [-0.15, -0.1) is 0 Å². The molecule has 2 rings (SSSR count). The Balaban J connectivity index is 1.95. The van der Waals surface area contributed by atoms with Crippen molar-refractivity contribution in [2.24, 2.45) is 0 Å². The maximum atomic E-state index is 12.3. The number of nitrogens with zero attached hydrogens (tertiary/aromatic N) is 1. The minimum Gasteiger partial charge on any atom is -0.378 e. The predicted octanol–water partition coefficient (Wildman–Crippen LogP) is 2.15. The van der Waals surface area contributed by atoms with Crippen LogP contribution < -0.4 is 10.2 Å². The lowest BCUT2D eigenvalue weighted by Gasteiger charge is -2.26. The van der Waals surface area contributed by atoms with E-state index in [2.05, 4.69) is 31.3 Å². The number of ether oxygens (including phenoxy) is 1. The second-order valence-corrected chi connectivity index (χ2v) is 5.63. The summed E-state index contributed by atoms with van der Waals surface area (Å²) in [6, 6.07) is 8.33. The lowest BCUT2D eigenvalue weighted by Crippen LogP contribution is -2.44. The number of hydrogen-bond acceptors (Lipinski definition) is 3. The van der Waals surface area contributed by atoms with Gasteiger partial charge in [0, 0.05) is 31.7 Å². The highest BCUT2D eigenvalue weighted by molar-refractivity contribution is 5.93. The van der Waals surface area contributed by atoms with Crippen LogP contribution in [0.1, 0.15) is 31.7 Å². The molecule has 0 aliphatic carbocycles. The van der Waals surface area contributed by atoms with Gasteiger partial charge in [-0.05, 0) is 23.6 Å². The zero-order valence-electron chi connectivity index (χ0n) is 12.6. The van der Waals surface area contributed by atoms with Crippen LogP contribution in [0.25, 0.3) is 0 Å². The SMILES string of the molecule is CC(C)c1ccc(N(C)C(=O)CC2COCCN2)cc1. The smallest absolute Gasteiger partial charge is 0.228 e. The van der Waals surface area contributed by atoms with Crippen molar-refractivity contribution in [3.05, 3.63) is 29.8 Å². The topological polar surface area (TPSA) is 41.6 Å². The molecule has 0 bridgehead atoms. The molecule has 110 valence electrons. The van der Waals surface area contributed by atoms with Gasteiger partial charge in [-0.2, -0.15) is 0 Å². The molecule has 1 aliphatic rings. The van der Waals surface area contributed by atoms with Gasteiger partial charge in [-0.3, -0.25) is 4.79 Å². The first kappa shape index (κ1) is 15.0. The molecule has 0 aromatic heterocycles. The van der Waals surface area contributed by atoms with Crippen LogP contribution in [0.3, 0.4) is 0 Å². The molecule has 1 N–H and O–H groups in total. The zero-order chi connectivity index (χ0) is 14.5. The number of hydrogen-bond donors (Lipinski definition) is 1. The van der Waals surface area contributed by atoms with Crippen LogP contribution >= 0.6 is 0 Å². The van der Waals surface area contributed by atoms with E-state index in [0.29, 0.717) is 18.9 Å². The standard InChI is InChI=1S/C16H24N2O2/c1-12(2)13-4-6-15(7-5-13)18(3)16(19)10-14-11-20-9-8-17-14/h4-7,12,14,17H,8-11H2,1-3H3. The summed E-state index contributed by atoms with van der Waals surface area (Å²) in [4.78, 5) is 14.0. The zero-order valence-corrected chi connectivity index (χ0v) is 12.6. The van der Waals surface area contributed by atoms with Gasteiger partial charge in [0.05, 0.1) is 13.2 Å². The third-order valence-electron chi connectivity index (χ3n) is 3.74. The van der Waals surface area contributed by atoms with Crippen LogP contribution in [-0.2, 0) is 9.53 Å². The average molecular weight is 276 g/mol. The van der Waals surface area contributed by atoms with E-state index < -0.39 is 0 Å². The average Bonchev–Trinajstić information content (AvgIpc) is 2.47. The predicted molar refractivity (Wildman–Crippen MR) is 81.2 cm³/mol. The van der Waals surface area contributed by atoms with Crippen LogP contribution in [0.4, 0.5) is 5.69 Å². The minimum absolute atomic E-state index is 0.116. The van der Waals surface area contributed by atoms with E-state index in [1.807, 2.05) is 19.2 Å². The Hall–Kier alpha value is -1.39. The monoisotopic (exact) mass is 276 g/mol. The Morgan fingerprint density at radius 3 is 2.65 bits per heavy atom. The summed E-state index contributed by atoms with van der Waals surface area (Å²) in [6.45, 7) is 6.51. The molecule has 4 nitrogen and oxygen atoms in total. The van der Waals surface area contributed by atoms with Crippen molar-refractivity contribution in [2.75, 3.05) is 31.7 Å². The Morgan fingerprint density at radius 2 is 2.10 bits per heavy atom. The molecule has 1 aliphatic heterocycles. The van der Waals surface area contributed by atoms with Gasteiger partial charge >= 0.3 is 0 Å².